The van der Waals surface area contributed by atoms with Crippen LogP contribution in [0.25, 0.3) is 0 Å². The molecule has 0 aromatic heterocycles. The van der Waals surface area contributed by atoms with Crippen LogP contribution in [0, 0.1) is 5.41 Å². The molecular weight excluding hydrogens is 238 g/mol. The molecule has 19 heavy (non-hydrogen) atoms. The number of nitrogens with two attached hydrogens (primary N) is 1. The summed E-state index contributed by atoms with van der Waals surface area (Å²) in [5.41, 5.74) is 7.38. The molecule has 4 nitrogen and oxygen atoms in total. The lowest BCUT2D eigenvalue weighted by molar-refractivity contribution is 0.203. The van der Waals surface area contributed by atoms with E-state index in [4.69, 9.17) is 15.9 Å². The van der Waals surface area contributed by atoms with Crippen molar-refractivity contribution in [2.24, 2.45) is 5.73 Å². The minimum absolute atomic E-state index is 0.0930. The maximum absolute atomic E-state index is 7.53. The van der Waals surface area contributed by atoms with Crippen molar-refractivity contribution < 1.29 is 4.74 Å². The molecule has 0 amide bonds. The first-order valence-electron chi connectivity index (χ1n) is 6.78. The molecule has 0 bridgehead atoms. The van der Waals surface area contributed by atoms with Crippen molar-refractivity contribution >= 4 is 5.84 Å². The molecular formula is C15H25N3O. The normalized spacial score (nSPS) is 12.5. The Balaban J connectivity index is 3.02. The van der Waals surface area contributed by atoms with Gasteiger partial charge in [0.25, 0.3) is 0 Å². The summed E-state index contributed by atoms with van der Waals surface area (Å²) in [6.07, 6.45) is 1.11. The van der Waals surface area contributed by atoms with Crippen molar-refractivity contribution in [3.8, 4) is 5.75 Å². The largest absolute Gasteiger partial charge is 0.496 e. The fourth-order valence-corrected chi connectivity index (χ4v) is 2.13. The van der Waals surface area contributed by atoms with Gasteiger partial charge in [-0.05, 0) is 38.1 Å². The van der Waals surface area contributed by atoms with Crippen molar-refractivity contribution in [3.63, 3.8) is 0 Å². The van der Waals surface area contributed by atoms with E-state index in [1.807, 2.05) is 18.2 Å². The molecule has 106 valence electrons. The van der Waals surface area contributed by atoms with Gasteiger partial charge >= 0.3 is 0 Å². The fraction of sp³-hybridized carbons (Fsp3) is 0.533. The molecule has 0 aliphatic rings. The summed E-state index contributed by atoms with van der Waals surface area (Å²) >= 11 is 0. The lowest BCUT2D eigenvalue weighted by Gasteiger charge is -2.27. The highest BCUT2D eigenvalue weighted by atomic mass is 16.5. The zero-order chi connectivity index (χ0) is 14.4. The number of hydrogen-bond donors (Lipinski definition) is 2. The summed E-state index contributed by atoms with van der Waals surface area (Å²) in [4.78, 5) is 2.39. The van der Waals surface area contributed by atoms with Crippen LogP contribution in [0.2, 0.25) is 0 Å². The van der Waals surface area contributed by atoms with Crippen LogP contribution in [-0.4, -0.2) is 30.4 Å². The van der Waals surface area contributed by atoms with E-state index in [0.717, 1.165) is 36.4 Å². The Morgan fingerprint density at radius 1 is 1.42 bits per heavy atom. The van der Waals surface area contributed by atoms with Gasteiger partial charge in [-0.15, -0.1) is 0 Å². The molecule has 0 radical (unpaired) electrons. The zero-order valence-corrected chi connectivity index (χ0v) is 12.4. The number of nitrogens with zero attached hydrogens (tertiary/aromatic N) is 1. The lowest BCUT2D eigenvalue weighted by Crippen LogP contribution is -2.32. The second-order valence-corrected chi connectivity index (χ2v) is 4.76. The molecule has 1 unspecified atom stereocenters. The molecule has 3 N–H and O–H groups in total. The van der Waals surface area contributed by atoms with Crippen LogP contribution in [0.1, 0.15) is 38.3 Å². The topological polar surface area (TPSA) is 62.3 Å². The molecule has 0 saturated heterocycles. The second-order valence-electron chi connectivity index (χ2n) is 4.76. The van der Waals surface area contributed by atoms with E-state index >= 15 is 0 Å². The summed E-state index contributed by atoms with van der Waals surface area (Å²) in [7, 11) is 1.67. The zero-order valence-electron chi connectivity index (χ0n) is 12.4. The Kier molecular flexibility index (Phi) is 5.83. The molecule has 0 fully saturated rings. The Morgan fingerprint density at radius 2 is 2.11 bits per heavy atom. The number of ether oxygens (including phenoxy) is 1. The van der Waals surface area contributed by atoms with E-state index in [0.29, 0.717) is 6.04 Å². The molecule has 0 spiro atoms. The van der Waals surface area contributed by atoms with Gasteiger partial charge in [-0.1, -0.05) is 13.8 Å². The number of nitrogen functional groups attached to an aromatic ring is 1. The minimum atomic E-state index is 0.0930. The predicted molar refractivity (Wildman–Crippen MR) is 79.8 cm³/mol. The summed E-state index contributed by atoms with van der Waals surface area (Å²) in [5.74, 6) is 0.947. The number of methoxy groups -OCH3 is 1. The van der Waals surface area contributed by atoms with Crippen LogP contribution in [0.15, 0.2) is 18.2 Å². The van der Waals surface area contributed by atoms with Gasteiger partial charge in [-0.3, -0.25) is 10.3 Å². The quantitative estimate of drug-likeness (QED) is 0.587. The summed E-state index contributed by atoms with van der Waals surface area (Å²) < 4.78 is 5.40. The van der Waals surface area contributed by atoms with Crippen LogP contribution in [0.3, 0.4) is 0 Å². The van der Waals surface area contributed by atoms with Crippen molar-refractivity contribution in [3.05, 3.63) is 29.3 Å². The Morgan fingerprint density at radius 3 is 2.58 bits per heavy atom. The molecule has 0 heterocycles. The van der Waals surface area contributed by atoms with Gasteiger partial charge in [0.2, 0.25) is 0 Å². The van der Waals surface area contributed by atoms with E-state index in [1.165, 1.54) is 0 Å². The first-order valence-corrected chi connectivity index (χ1v) is 6.78. The smallest absolute Gasteiger partial charge is 0.123 e. The van der Waals surface area contributed by atoms with Crippen LogP contribution in [0.4, 0.5) is 0 Å². The second kappa shape index (κ2) is 7.14. The number of hydrogen-bond acceptors (Lipinski definition) is 3. The first-order chi connectivity index (χ1) is 9.03. The highest BCUT2D eigenvalue weighted by Crippen LogP contribution is 2.22. The van der Waals surface area contributed by atoms with Crippen LogP contribution in [0.5, 0.6) is 5.75 Å². The molecule has 1 atom stereocenters. The van der Waals surface area contributed by atoms with Gasteiger partial charge in [0, 0.05) is 23.7 Å². The predicted octanol–water partition coefficient (Wildman–Crippen LogP) is 2.60. The standard InChI is InChI=1S/C15H25N3O/c1-5-11(3)18(6-2)10-13-9-12(15(16)17)7-8-14(13)19-4/h7-9,11H,5-6,10H2,1-4H3,(H3,16,17). The van der Waals surface area contributed by atoms with Crippen molar-refractivity contribution in [1.82, 2.24) is 4.90 Å². The molecule has 1 aromatic carbocycles. The third kappa shape index (κ3) is 3.96. The van der Waals surface area contributed by atoms with Gasteiger partial charge in [0.1, 0.15) is 11.6 Å². The third-order valence-corrected chi connectivity index (χ3v) is 3.59. The number of benzene rings is 1. The molecule has 4 heteroatoms. The van der Waals surface area contributed by atoms with Crippen molar-refractivity contribution in [2.75, 3.05) is 13.7 Å². The molecule has 0 aliphatic heterocycles. The Labute approximate surface area is 116 Å². The van der Waals surface area contributed by atoms with Gasteiger partial charge in [0.05, 0.1) is 7.11 Å². The average molecular weight is 263 g/mol. The molecule has 1 rings (SSSR count). The maximum atomic E-state index is 7.53. The summed E-state index contributed by atoms with van der Waals surface area (Å²) in [6.45, 7) is 8.38. The van der Waals surface area contributed by atoms with E-state index in [2.05, 4.69) is 25.7 Å². The van der Waals surface area contributed by atoms with E-state index in [1.54, 1.807) is 7.11 Å². The van der Waals surface area contributed by atoms with Gasteiger partial charge < -0.3 is 10.5 Å². The lowest BCUT2D eigenvalue weighted by atomic mass is 10.1. The molecule has 0 aliphatic carbocycles. The first kappa shape index (κ1) is 15.5. The third-order valence-electron chi connectivity index (χ3n) is 3.59. The Bertz CT molecular complexity index is 431. The monoisotopic (exact) mass is 263 g/mol. The minimum Gasteiger partial charge on any atom is -0.496 e. The molecule has 0 saturated carbocycles. The summed E-state index contributed by atoms with van der Waals surface area (Å²) in [6, 6.07) is 6.18. The SMILES string of the molecule is CCC(C)N(CC)Cc1cc(C(=N)N)ccc1OC. The van der Waals surface area contributed by atoms with Crippen LogP contribution < -0.4 is 10.5 Å². The van der Waals surface area contributed by atoms with E-state index in [9.17, 15) is 0 Å². The van der Waals surface area contributed by atoms with E-state index < -0.39 is 0 Å². The summed E-state index contributed by atoms with van der Waals surface area (Å²) in [5, 5.41) is 7.53. The highest BCUT2D eigenvalue weighted by Gasteiger charge is 2.14. The van der Waals surface area contributed by atoms with Crippen LogP contribution >= 0.6 is 0 Å². The van der Waals surface area contributed by atoms with Crippen molar-refractivity contribution in [1.29, 1.82) is 5.41 Å². The van der Waals surface area contributed by atoms with Gasteiger partial charge in [-0.25, -0.2) is 0 Å². The van der Waals surface area contributed by atoms with Crippen molar-refractivity contribution in [2.45, 2.75) is 39.8 Å². The van der Waals surface area contributed by atoms with Gasteiger partial charge in [0.15, 0.2) is 0 Å². The number of nitrogens with one attached hydrogen (secondary N) is 1. The Hall–Kier alpha value is -1.55. The fourth-order valence-electron chi connectivity index (χ4n) is 2.13. The highest BCUT2D eigenvalue weighted by molar-refractivity contribution is 5.95. The number of rotatable bonds is 7. The maximum Gasteiger partial charge on any atom is 0.123 e. The average Bonchev–Trinajstić information content (AvgIpc) is 2.43. The number of amidine groups is 1. The van der Waals surface area contributed by atoms with Gasteiger partial charge in [-0.2, -0.15) is 0 Å². The van der Waals surface area contributed by atoms with Crippen LogP contribution in [-0.2, 0) is 6.54 Å². The van der Waals surface area contributed by atoms with E-state index in [-0.39, 0.29) is 5.84 Å². The molecule has 1 aromatic rings.